The minimum Gasteiger partial charge on any atom is -0.380 e. The minimum absolute atomic E-state index is 0.264. The van der Waals surface area contributed by atoms with Crippen LogP contribution in [0.4, 0.5) is 11.6 Å². The average Bonchev–Trinajstić information content (AvgIpc) is 2.87. The quantitative estimate of drug-likeness (QED) is 0.570. The van der Waals surface area contributed by atoms with Crippen LogP contribution in [0.25, 0.3) is 0 Å². The van der Waals surface area contributed by atoms with Crippen molar-refractivity contribution in [3.63, 3.8) is 0 Å². The van der Waals surface area contributed by atoms with Crippen LogP contribution < -0.4 is 16.2 Å². The van der Waals surface area contributed by atoms with Crippen molar-refractivity contribution in [2.45, 2.75) is 19.1 Å². The summed E-state index contributed by atoms with van der Waals surface area (Å²) < 4.78 is 10.4. The minimum atomic E-state index is 0.264. The molecule has 1 aliphatic heterocycles. The van der Waals surface area contributed by atoms with Gasteiger partial charge in [0, 0.05) is 33.4 Å². The molecule has 100 valence electrons. The molecule has 1 atom stereocenters. The lowest BCUT2D eigenvalue weighted by Crippen LogP contribution is -2.24. The van der Waals surface area contributed by atoms with Crippen LogP contribution in [0.15, 0.2) is 6.07 Å². The highest BCUT2D eigenvalue weighted by Crippen LogP contribution is 2.21. The Kier molecular flexibility index (Phi) is 4.29. The van der Waals surface area contributed by atoms with Crippen LogP contribution in [0.5, 0.6) is 0 Å². The Morgan fingerprint density at radius 2 is 2.33 bits per heavy atom. The summed E-state index contributed by atoms with van der Waals surface area (Å²) in [5.74, 6) is 7.47. The predicted molar refractivity (Wildman–Crippen MR) is 68.2 cm³/mol. The molecule has 18 heavy (non-hydrogen) atoms. The van der Waals surface area contributed by atoms with Gasteiger partial charge in [-0.1, -0.05) is 0 Å². The molecular weight excluding hydrogens is 234 g/mol. The van der Waals surface area contributed by atoms with Crippen molar-refractivity contribution in [2.75, 3.05) is 37.6 Å². The molecule has 0 aliphatic carbocycles. The van der Waals surface area contributed by atoms with Gasteiger partial charge in [0.2, 0.25) is 0 Å². The Hall–Kier alpha value is -1.44. The largest absolute Gasteiger partial charge is 0.380 e. The zero-order valence-electron chi connectivity index (χ0n) is 10.7. The highest BCUT2D eigenvalue weighted by molar-refractivity contribution is 5.49. The number of hydrogen-bond donors (Lipinski definition) is 2. The molecule has 0 amide bonds. The first-order valence-electron chi connectivity index (χ1n) is 5.88. The van der Waals surface area contributed by atoms with E-state index in [0.29, 0.717) is 18.2 Å². The molecular formula is C11H19N5O2. The Bertz CT molecular complexity index is 401. The second kappa shape index (κ2) is 5.94. The number of nitrogen functional groups attached to an aromatic ring is 1. The average molecular weight is 253 g/mol. The third-order valence-electron chi connectivity index (χ3n) is 2.98. The highest BCUT2D eigenvalue weighted by Gasteiger charge is 2.23. The van der Waals surface area contributed by atoms with Crippen molar-refractivity contribution in [1.82, 2.24) is 9.97 Å². The molecule has 1 unspecified atom stereocenters. The van der Waals surface area contributed by atoms with Crippen LogP contribution in [0, 0.1) is 0 Å². The Balaban J connectivity index is 2.18. The summed E-state index contributed by atoms with van der Waals surface area (Å²) >= 11 is 0. The van der Waals surface area contributed by atoms with E-state index in [1.165, 1.54) is 0 Å². The lowest BCUT2D eigenvalue weighted by molar-refractivity contribution is 0.121. The third kappa shape index (κ3) is 2.87. The molecule has 7 heteroatoms. The molecule has 2 rings (SSSR count). The van der Waals surface area contributed by atoms with Gasteiger partial charge in [-0.2, -0.15) is 0 Å². The maximum absolute atomic E-state index is 5.41. The first kappa shape index (κ1) is 13.0. The number of hydrazine groups is 1. The Morgan fingerprint density at radius 1 is 1.50 bits per heavy atom. The van der Waals surface area contributed by atoms with Gasteiger partial charge in [-0.3, -0.25) is 0 Å². The van der Waals surface area contributed by atoms with E-state index in [0.717, 1.165) is 25.3 Å². The van der Waals surface area contributed by atoms with Crippen LogP contribution in [0.3, 0.4) is 0 Å². The fourth-order valence-electron chi connectivity index (χ4n) is 2.04. The lowest BCUT2D eigenvalue weighted by Gasteiger charge is -2.18. The highest BCUT2D eigenvalue weighted by atomic mass is 16.5. The molecule has 3 N–H and O–H groups in total. The van der Waals surface area contributed by atoms with Crippen LogP contribution in [0.1, 0.15) is 12.2 Å². The molecule has 7 nitrogen and oxygen atoms in total. The van der Waals surface area contributed by atoms with Crippen molar-refractivity contribution in [3.05, 3.63) is 11.9 Å². The molecule has 0 bridgehead atoms. The standard InChI is InChI=1S/C11H19N5O2/c1-17-7-10-13-9(15-12)5-11(14-10)16-4-3-8(6-16)18-2/h5,8H,3-4,6-7,12H2,1-2H3,(H,13,14,15). The Labute approximate surface area is 106 Å². The van der Waals surface area contributed by atoms with E-state index in [-0.39, 0.29) is 6.10 Å². The van der Waals surface area contributed by atoms with Crippen molar-refractivity contribution >= 4 is 11.6 Å². The molecule has 1 fully saturated rings. The smallest absolute Gasteiger partial charge is 0.158 e. The fourth-order valence-corrected chi connectivity index (χ4v) is 2.04. The van der Waals surface area contributed by atoms with Crippen molar-refractivity contribution < 1.29 is 9.47 Å². The summed E-state index contributed by atoms with van der Waals surface area (Å²) in [4.78, 5) is 10.8. The van der Waals surface area contributed by atoms with Gasteiger partial charge in [-0.15, -0.1) is 0 Å². The zero-order valence-corrected chi connectivity index (χ0v) is 10.7. The first-order chi connectivity index (χ1) is 8.76. The van der Waals surface area contributed by atoms with Gasteiger partial charge < -0.3 is 19.8 Å². The van der Waals surface area contributed by atoms with Crippen LogP contribution in [0.2, 0.25) is 0 Å². The van der Waals surface area contributed by atoms with E-state index >= 15 is 0 Å². The van der Waals surface area contributed by atoms with Crippen LogP contribution >= 0.6 is 0 Å². The zero-order chi connectivity index (χ0) is 13.0. The molecule has 2 heterocycles. The summed E-state index contributed by atoms with van der Waals surface area (Å²) in [6, 6.07) is 1.83. The number of hydrogen-bond acceptors (Lipinski definition) is 7. The van der Waals surface area contributed by atoms with Crippen molar-refractivity contribution in [3.8, 4) is 0 Å². The fraction of sp³-hybridized carbons (Fsp3) is 0.636. The van der Waals surface area contributed by atoms with Gasteiger partial charge in [-0.05, 0) is 6.42 Å². The number of ether oxygens (including phenoxy) is 2. The van der Waals surface area contributed by atoms with Gasteiger partial charge in [0.15, 0.2) is 5.82 Å². The monoisotopic (exact) mass is 253 g/mol. The number of nitrogens with zero attached hydrogens (tertiary/aromatic N) is 3. The van der Waals surface area contributed by atoms with Crippen LogP contribution in [-0.4, -0.2) is 43.4 Å². The Morgan fingerprint density at radius 3 is 2.94 bits per heavy atom. The van der Waals surface area contributed by atoms with Gasteiger partial charge in [-0.25, -0.2) is 15.8 Å². The number of anilines is 2. The predicted octanol–water partition coefficient (Wildman–Crippen LogP) is 0.134. The molecule has 0 radical (unpaired) electrons. The maximum Gasteiger partial charge on any atom is 0.158 e. The molecule has 0 spiro atoms. The SMILES string of the molecule is COCc1nc(NN)cc(N2CCC(OC)C2)n1. The van der Waals surface area contributed by atoms with Crippen molar-refractivity contribution in [2.24, 2.45) is 5.84 Å². The van der Waals surface area contributed by atoms with E-state index in [9.17, 15) is 0 Å². The first-order valence-corrected chi connectivity index (χ1v) is 5.88. The molecule has 1 saturated heterocycles. The van der Waals surface area contributed by atoms with Gasteiger partial charge in [0.05, 0.1) is 6.10 Å². The molecule has 0 aromatic carbocycles. The number of methoxy groups -OCH3 is 2. The number of rotatable bonds is 5. The molecule has 1 aromatic rings. The van der Waals surface area contributed by atoms with E-state index in [1.807, 2.05) is 6.07 Å². The van der Waals surface area contributed by atoms with Gasteiger partial charge in [0.25, 0.3) is 0 Å². The van der Waals surface area contributed by atoms with Gasteiger partial charge in [0.1, 0.15) is 18.2 Å². The maximum atomic E-state index is 5.41. The number of nitrogens with two attached hydrogens (primary N) is 1. The van der Waals surface area contributed by atoms with Gasteiger partial charge >= 0.3 is 0 Å². The van der Waals surface area contributed by atoms with E-state index in [1.54, 1.807) is 14.2 Å². The van der Waals surface area contributed by atoms with E-state index in [4.69, 9.17) is 15.3 Å². The lowest BCUT2D eigenvalue weighted by atomic mass is 10.3. The third-order valence-corrected chi connectivity index (χ3v) is 2.98. The summed E-state index contributed by atoms with van der Waals surface area (Å²) in [5, 5.41) is 0. The normalized spacial score (nSPS) is 19.3. The number of aromatic nitrogens is 2. The summed E-state index contributed by atoms with van der Waals surface area (Å²) in [7, 11) is 3.35. The van der Waals surface area contributed by atoms with E-state index < -0.39 is 0 Å². The second-order valence-electron chi connectivity index (χ2n) is 4.20. The topological polar surface area (TPSA) is 85.5 Å². The molecule has 1 aromatic heterocycles. The van der Waals surface area contributed by atoms with Crippen molar-refractivity contribution in [1.29, 1.82) is 0 Å². The second-order valence-corrected chi connectivity index (χ2v) is 4.20. The van der Waals surface area contributed by atoms with E-state index in [2.05, 4.69) is 20.3 Å². The molecule has 0 saturated carbocycles. The number of nitrogens with one attached hydrogen (secondary N) is 1. The summed E-state index contributed by atoms with van der Waals surface area (Å²) in [6.07, 6.45) is 1.27. The van der Waals surface area contributed by atoms with Crippen LogP contribution in [-0.2, 0) is 16.1 Å². The molecule has 1 aliphatic rings. The summed E-state index contributed by atoms with van der Waals surface area (Å²) in [5.41, 5.74) is 2.55. The summed E-state index contributed by atoms with van der Waals surface area (Å²) in [6.45, 7) is 2.12.